The number of rotatable bonds is 4. The molecular weight excluding hydrogens is 176 g/mol. The monoisotopic (exact) mass is 187 g/mol. The van der Waals surface area contributed by atoms with Gasteiger partial charge < -0.3 is 0 Å². The van der Waals surface area contributed by atoms with Gasteiger partial charge in [0.1, 0.15) is 0 Å². The third kappa shape index (κ3) is 6.18. The Morgan fingerprint density at radius 3 is 2.18 bits per heavy atom. The van der Waals surface area contributed by atoms with Crippen LogP contribution in [0, 0.1) is 0 Å². The zero-order valence-electron chi connectivity index (χ0n) is 6.18. The Kier molecular flexibility index (Phi) is 3.37. The quantitative estimate of drug-likeness (QED) is 0.704. The van der Waals surface area contributed by atoms with E-state index < -0.39 is 28.1 Å². The maximum Gasteiger partial charge on any atom is 0.248 e. The minimum absolute atomic E-state index is 0.359. The lowest BCUT2D eigenvalue weighted by Gasteiger charge is -2.11. The maximum absolute atomic E-state index is 12.4. The summed E-state index contributed by atoms with van der Waals surface area (Å²) in [6, 6.07) is 0. The van der Waals surface area contributed by atoms with E-state index in [0.717, 1.165) is 0 Å². The zero-order valence-corrected chi connectivity index (χ0v) is 7.00. The summed E-state index contributed by atoms with van der Waals surface area (Å²) in [4.78, 5) is 0. The molecule has 3 nitrogen and oxygen atoms in total. The lowest BCUT2D eigenvalue weighted by molar-refractivity contribution is -0.00568. The van der Waals surface area contributed by atoms with E-state index in [4.69, 9.17) is 0 Å². The number of hydrogen-bond acceptors (Lipinski definition) is 2. The molecule has 0 fully saturated rings. The summed E-state index contributed by atoms with van der Waals surface area (Å²) in [6.07, 6.45) is -1.05. The van der Waals surface area contributed by atoms with Gasteiger partial charge >= 0.3 is 0 Å². The molecule has 0 aliphatic carbocycles. The van der Waals surface area contributed by atoms with Crippen LogP contribution >= 0.6 is 0 Å². The number of halogens is 2. The van der Waals surface area contributed by atoms with Crippen molar-refractivity contribution in [3.63, 3.8) is 0 Å². The van der Waals surface area contributed by atoms with Gasteiger partial charge in [-0.1, -0.05) is 6.92 Å². The highest BCUT2D eigenvalue weighted by Crippen LogP contribution is 2.22. The number of hydrogen-bond donors (Lipinski definition) is 1. The third-order valence-corrected chi connectivity index (χ3v) is 2.04. The van der Waals surface area contributed by atoms with Crippen LogP contribution in [0.3, 0.4) is 0 Å². The summed E-state index contributed by atoms with van der Waals surface area (Å²) in [5.41, 5.74) is 0. The van der Waals surface area contributed by atoms with Gasteiger partial charge in [0.2, 0.25) is 15.9 Å². The van der Waals surface area contributed by atoms with Crippen molar-refractivity contribution in [2.75, 3.05) is 5.75 Å². The molecule has 0 radical (unpaired) electrons. The topological polar surface area (TPSA) is 60.2 Å². The van der Waals surface area contributed by atoms with E-state index in [2.05, 4.69) is 5.14 Å². The van der Waals surface area contributed by atoms with Crippen molar-refractivity contribution in [1.82, 2.24) is 0 Å². The normalized spacial score (nSPS) is 13.5. The molecule has 68 valence electrons. The first-order valence-electron chi connectivity index (χ1n) is 3.15. The second kappa shape index (κ2) is 3.44. The fourth-order valence-electron chi connectivity index (χ4n) is 0.468. The SMILES string of the molecule is CCC(F)(F)CCS(N)(=O)=O. The van der Waals surface area contributed by atoms with E-state index >= 15 is 0 Å². The molecule has 0 unspecified atom stereocenters. The fraction of sp³-hybridized carbons (Fsp3) is 1.00. The standard InChI is InChI=1S/C5H11F2NO2S/c1-2-5(6,7)3-4-11(8,9)10/h2-4H2,1H3,(H2,8,9,10). The third-order valence-electron chi connectivity index (χ3n) is 1.27. The predicted molar refractivity (Wildman–Crippen MR) is 37.8 cm³/mol. The summed E-state index contributed by atoms with van der Waals surface area (Å²) < 4.78 is 45.2. The number of nitrogens with two attached hydrogens (primary N) is 1. The number of alkyl halides is 2. The molecular formula is C5H11F2NO2S. The van der Waals surface area contributed by atoms with Crippen molar-refractivity contribution in [3.05, 3.63) is 0 Å². The average Bonchev–Trinajstić information content (AvgIpc) is 1.83. The molecule has 0 aliphatic rings. The Balaban J connectivity index is 3.90. The minimum Gasteiger partial charge on any atom is -0.229 e. The molecule has 2 N–H and O–H groups in total. The molecule has 0 aromatic rings. The van der Waals surface area contributed by atoms with Crippen LogP contribution in [0.15, 0.2) is 0 Å². The van der Waals surface area contributed by atoms with Crippen LogP contribution in [0.5, 0.6) is 0 Å². The molecule has 0 rings (SSSR count). The van der Waals surface area contributed by atoms with E-state index in [1.165, 1.54) is 6.92 Å². The highest BCUT2D eigenvalue weighted by atomic mass is 32.2. The molecule has 0 spiro atoms. The van der Waals surface area contributed by atoms with Crippen LogP contribution in [0.25, 0.3) is 0 Å². The maximum atomic E-state index is 12.4. The van der Waals surface area contributed by atoms with Crippen LogP contribution in [0.1, 0.15) is 19.8 Å². The van der Waals surface area contributed by atoms with E-state index in [1.807, 2.05) is 0 Å². The van der Waals surface area contributed by atoms with Gasteiger partial charge in [0.25, 0.3) is 0 Å². The van der Waals surface area contributed by atoms with Crippen LogP contribution in [0.4, 0.5) is 8.78 Å². The summed E-state index contributed by atoms with van der Waals surface area (Å²) in [5.74, 6) is -3.57. The van der Waals surface area contributed by atoms with Gasteiger partial charge in [0.15, 0.2) is 0 Å². The molecule has 0 saturated heterocycles. The first-order chi connectivity index (χ1) is 4.77. The Hall–Kier alpha value is -0.230. The Morgan fingerprint density at radius 2 is 1.91 bits per heavy atom. The zero-order chi connectivity index (χ0) is 9.12. The van der Waals surface area contributed by atoms with Gasteiger partial charge in [-0.25, -0.2) is 22.3 Å². The van der Waals surface area contributed by atoms with Crippen LogP contribution in [-0.2, 0) is 10.0 Å². The van der Waals surface area contributed by atoms with Gasteiger partial charge in [0, 0.05) is 12.8 Å². The number of primary sulfonamides is 1. The van der Waals surface area contributed by atoms with Crippen LogP contribution in [0.2, 0.25) is 0 Å². The first kappa shape index (κ1) is 10.8. The van der Waals surface area contributed by atoms with Gasteiger partial charge in [-0.2, -0.15) is 0 Å². The average molecular weight is 187 g/mol. The second-order valence-corrected chi connectivity index (χ2v) is 4.06. The fourth-order valence-corrected chi connectivity index (χ4v) is 1.05. The number of sulfonamides is 1. The molecule has 6 heteroatoms. The second-order valence-electron chi connectivity index (χ2n) is 2.33. The Bertz CT molecular complexity index is 213. The van der Waals surface area contributed by atoms with E-state index in [0.29, 0.717) is 0 Å². The van der Waals surface area contributed by atoms with E-state index in [1.54, 1.807) is 0 Å². The smallest absolute Gasteiger partial charge is 0.229 e. The van der Waals surface area contributed by atoms with Crippen molar-refractivity contribution in [3.8, 4) is 0 Å². The van der Waals surface area contributed by atoms with Crippen molar-refractivity contribution >= 4 is 10.0 Å². The summed E-state index contributed by atoms with van der Waals surface area (Å²) in [5, 5.41) is 4.54. The van der Waals surface area contributed by atoms with Gasteiger partial charge in [-0.05, 0) is 0 Å². The van der Waals surface area contributed by atoms with E-state index in [9.17, 15) is 17.2 Å². The highest BCUT2D eigenvalue weighted by Gasteiger charge is 2.27. The van der Waals surface area contributed by atoms with Crippen LogP contribution < -0.4 is 5.14 Å². The first-order valence-corrected chi connectivity index (χ1v) is 4.87. The summed E-state index contributed by atoms with van der Waals surface area (Å²) in [6.45, 7) is 1.29. The predicted octanol–water partition coefficient (Wildman–Crippen LogP) is 0.710. The van der Waals surface area contributed by atoms with Gasteiger partial charge in [0.05, 0.1) is 5.75 Å². The Labute approximate surface area is 64.6 Å². The Morgan fingerprint density at radius 1 is 1.45 bits per heavy atom. The summed E-state index contributed by atoms with van der Waals surface area (Å²) in [7, 11) is -3.75. The lowest BCUT2D eigenvalue weighted by atomic mass is 10.2. The van der Waals surface area contributed by atoms with Crippen molar-refractivity contribution in [2.24, 2.45) is 5.14 Å². The molecule has 0 aromatic heterocycles. The molecule has 0 bridgehead atoms. The lowest BCUT2D eigenvalue weighted by Crippen LogP contribution is -2.24. The minimum atomic E-state index is -3.75. The van der Waals surface area contributed by atoms with Crippen molar-refractivity contribution in [1.29, 1.82) is 0 Å². The van der Waals surface area contributed by atoms with Gasteiger partial charge in [-0.3, -0.25) is 0 Å². The molecule has 11 heavy (non-hydrogen) atoms. The van der Waals surface area contributed by atoms with Crippen LogP contribution in [-0.4, -0.2) is 20.1 Å². The molecule has 0 aromatic carbocycles. The highest BCUT2D eigenvalue weighted by molar-refractivity contribution is 7.89. The molecule has 0 aliphatic heterocycles. The molecule has 0 heterocycles. The molecule has 0 atom stereocenters. The van der Waals surface area contributed by atoms with Gasteiger partial charge in [-0.15, -0.1) is 0 Å². The van der Waals surface area contributed by atoms with Crippen molar-refractivity contribution in [2.45, 2.75) is 25.7 Å². The van der Waals surface area contributed by atoms with Crippen molar-refractivity contribution < 1.29 is 17.2 Å². The summed E-state index contributed by atoms with van der Waals surface area (Å²) >= 11 is 0. The molecule has 0 amide bonds. The van der Waals surface area contributed by atoms with E-state index in [-0.39, 0.29) is 6.42 Å². The molecule has 0 saturated carbocycles. The largest absolute Gasteiger partial charge is 0.248 e.